The van der Waals surface area contributed by atoms with E-state index in [2.05, 4.69) is 29.7 Å². The Bertz CT molecular complexity index is 585. The Morgan fingerprint density at radius 2 is 1.64 bits per heavy atom. The SMILES string of the molecule is Cc1ccccc1CCNC(=O)NCCOc1ccccc1. The van der Waals surface area contributed by atoms with E-state index in [1.54, 1.807) is 0 Å². The number of amides is 2. The molecule has 0 saturated heterocycles. The van der Waals surface area contributed by atoms with Crippen LogP contribution < -0.4 is 15.4 Å². The van der Waals surface area contributed by atoms with E-state index in [1.807, 2.05) is 42.5 Å². The van der Waals surface area contributed by atoms with Crippen LogP contribution in [0.3, 0.4) is 0 Å². The van der Waals surface area contributed by atoms with Gasteiger partial charge in [0.05, 0.1) is 6.54 Å². The molecule has 0 atom stereocenters. The zero-order chi connectivity index (χ0) is 15.6. The van der Waals surface area contributed by atoms with E-state index in [9.17, 15) is 4.79 Å². The highest BCUT2D eigenvalue weighted by Gasteiger charge is 2.01. The Balaban J connectivity index is 1.57. The van der Waals surface area contributed by atoms with Crippen LogP contribution in [0.1, 0.15) is 11.1 Å². The second-order valence-corrected chi connectivity index (χ2v) is 5.02. The number of carbonyl (C=O) groups excluding carboxylic acids is 1. The number of rotatable bonds is 7. The topological polar surface area (TPSA) is 50.4 Å². The second-order valence-electron chi connectivity index (χ2n) is 5.02. The average molecular weight is 298 g/mol. The number of ether oxygens (including phenoxy) is 1. The van der Waals surface area contributed by atoms with Gasteiger partial charge in [-0.25, -0.2) is 4.79 Å². The Labute approximate surface area is 131 Å². The molecule has 0 saturated carbocycles. The van der Waals surface area contributed by atoms with Crippen LogP contribution in [0, 0.1) is 6.92 Å². The molecule has 0 unspecified atom stereocenters. The summed E-state index contributed by atoms with van der Waals surface area (Å²) >= 11 is 0. The van der Waals surface area contributed by atoms with Gasteiger partial charge in [-0.2, -0.15) is 0 Å². The fourth-order valence-electron chi connectivity index (χ4n) is 2.11. The minimum Gasteiger partial charge on any atom is -0.492 e. The third-order valence-corrected chi connectivity index (χ3v) is 3.34. The van der Waals surface area contributed by atoms with Gasteiger partial charge in [0.2, 0.25) is 0 Å². The molecule has 0 aliphatic rings. The molecule has 2 aromatic carbocycles. The zero-order valence-corrected chi connectivity index (χ0v) is 12.8. The Kier molecular flexibility index (Phi) is 6.30. The van der Waals surface area contributed by atoms with Crippen molar-refractivity contribution in [3.63, 3.8) is 0 Å². The molecule has 0 heterocycles. The molecule has 0 fully saturated rings. The summed E-state index contributed by atoms with van der Waals surface area (Å²) in [5.41, 5.74) is 2.51. The lowest BCUT2D eigenvalue weighted by Crippen LogP contribution is -2.38. The first-order chi connectivity index (χ1) is 10.8. The van der Waals surface area contributed by atoms with Gasteiger partial charge in [0, 0.05) is 6.54 Å². The lowest BCUT2D eigenvalue weighted by Gasteiger charge is -2.10. The molecule has 2 rings (SSSR count). The van der Waals surface area contributed by atoms with E-state index < -0.39 is 0 Å². The van der Waals surface area contributed by atoms with Crippen LogP contribution in [0.15, 0.2) is 54.6 Å². The Hall–Kier alpha value is -2.49. The van der Waals surface area contributed by atoms with Crippen molar-refractivity contribution in [2.24, 2.45) is 0 Å². The molecule has 2 aromatic rings. The van der Waals surface area contributed by atoms with Crippen molar-refractivity contribution in [2.75, 3.05) is 19.7 Å². The van der Waals surface area contributed by atoms with Gasteiger partial charge in [0.1, 0.15) is 12.4 Å². The van der Waals surface area contributed by atoms with E-state index in [-0.39, 0.29) is 6.03 Å². The fraction of sp³-hybridized carbons (Fsp3) is 0.278. The molecule has 0 radical (unpaired) electrons. The lowest BCUT2D eigenvalue weighted by atomic mass is 10.1. The van der Waals surface area contributed by atoms with Gasteiger partial charge in [-0.05, 0) is 36.6 Å². The van der Waals surface area contributed by atoms with E-state index >= 15 is 0 Å². The van der Waals surface area contributed by atoms with Crippen molar-refractivity contribution in [3.8, 4) is 5.75 Å². The largest absolute Gasteiger partial charge is 0.492 e. The van der Waals surface area contributed by atoms with Gasteiger partial charge in [0.25, 0.3) is 0 Å². The Morgan fingerprint density at radius 1 is 0.955 bits per heavy atom. The van der Waals surface area contributed by atoms with Crippen molar-refractivity contribution < 1.29 is 9.53 Å². The summed E-state index contributed by atoms with van der Waals surface area (Å²) in [6.07, 6.45) is 0.834. The molecule has 0 aliphatic heterocycles. The van der Waals surface area contributed by atoms with Crippen LogP contribution in [0.5, 0.6) is 5.75 Å². The molecule has 116 valence electrons. The number of benzene rings is 2. The first kappa shape index (κ1) is 15.9. The molecule has 4 nitrogen and oxygen atoms in total. The monoisotopic (exact) mass is 298 g/mol. The first-order valence-corrected chi connectivity index (χ1v) is 7.50. The van der Waals surface area contributed by atoms with Gasteiger partial charge in [-0.1, -0.05) is 42.5 Å². The van der Waals surface area contributed by atoms with E-state index in [0.29, 0.717) is 19.7 Å². The van der Waals surface area contributed by atoms with E-state index in [1.165, 1.54) is 11.1 Å². The Morgan fingerprint density at radius 3 is 2.41 bits per heavy atom. The van der Waals surface area contributed by atoms with E-state index in [4.69, 9.17) is 4.74 Å². The molecule has 2 N–H and O–H groups in total. The fourth-order valence-corrected chi connectivity index (χ4v) is 2.11. The summed E-state index contributed by atoms with van der Waals surface area (Å²) in [4.78, 5) is 11.7. The highest BCUT2D eigenvalue weighted by Crippen LogP contribution is 2.07. The predicted molar refractivity (Wildman–Crippen MR) is 88.2 cm³/mol. The van der Waals surface area contributed by atoms with Crippen LogP contribution in [0.25, 0.3) is 0 Å². The lowest BCUT2D eigenvalue weighted by molar-refractivity contribution is 0.236. The smallest absolute Gasteiger partial charge is 0.314 e. The van der Waals surface area contributed by atoms with Gasteiger partial charge in [-0.15, -0.1) is 0 Å². The minimum atomic E-state index is -0.162. The van der Waals surface area contributed by atoms with Crippen molar-refractivity contribution in [3.05, 3.63) is 65.7 Å². The predicted octanol–water partition coefficient (Wildman–Crippen LogP) is 2.92. The molecule has 0 bridgehead atoms. The summed E-state index contributed by atoms with van der Waals surface area (Å²) in [5, 5.41) is 5.63. The van der Waals surface area contributed by atoms with Crippen LogP contribution in [-0.2, 0) is 6.42 Å². The number of urea groups is 1. The molecule has 0 aliphatic carbocycles. The number of nitrogens with one attached hydrogen (secondary N) is 2. The number of aryl methyl sites for hydroxylation is 1. The summed E-state index contributed by atoms with van der Waals surface area (Å²) in [6.45, 7) is 3.63. The zero-order valence-electron chi connectivity index (χ0n) is 12.8. The van der Waals surface area contributed by atoms with Crippen molar-refractivity contribution >= 4 is 6.03 Å². The quantitative estimate of drug-likeness (QED) is 0.772. The summed E-state index contributed by atoms with van der Waals surface area (Å²) in [6, 6.07) is 17.6. The maximum atomic E-state index is 11.7. The summed E-state index contributed by atoms with van der Waals surface area (Å²) in [5.74, 6) is 0.810. The highest BCUT2D eigenvalue weighted by atomic mass is 16.5. The van der Waals surface area contributed by atoms with Crippen molar-refractivity contribution in [2.45, 2.75) is 13.3 Å². The number of para-hydroxylation sites is 1. The average Bonchev–Trinajstić information content (AvgIpc) is 2.54. The van der Waals surface area contributed by atoms with Crippen molar-refractivity contribution in [1.82, 2.24) is 10.6 Å². The third kappa shape index (κ3) is 5.48. The summed E-state index contributed by atoms with van der Waals surface area (Å²) in [7, 11) is 0. The highest BCUT2D eigenvalue weighted by molar-refractivity contribution is 5.73. The molecule has 0 spiro atoms. The normalized spacial score (nSPS) is 10.0. The number of hydrogen-bond donors (Lipinski definition) is 2. The van der Waals surface area contributed by atoms with Crippen LogP contribution >= 0.6 is 0 Å². The molecular weight excluding hydrogens is 276 g/mol. The molecule has 0 aromatic heterocycles. The van der Waals surface area contributed by atoms with Gasteiger partial charge in [0.15, 0.2) is 0 Å². The maximum absolute atomic E-state index is 11.7. The van der Waals surface area contributed by atoms with Gasteiger partial charge < -0.3 is 15.4 Å². The van der Waals surface area contributed by atoms with Crippen molar-refractivity contribution in [1.29, 1.82) is 0 Å². The molecular formula is C18H22N2O2. The van der Waals surface area contributed by atoms with Crippen LogP contribution in [0.4, 0.5) is 4.79 Å². The standard InChI is InChI=1S/C18H22N2O2/c1-15-7-5-6-8-16(15)11-12-19-18(21)20-13-14-22-17-9-3-2-4-10-17/h2-10H,11-14H2,1H3,(H2,19,20,21). The molecule has 4 heteroatoms. The molecule has 2 amide bonds. The van der Waals surface area contributed by atoms with Crippen LogP contribution in [0.2, 0.25) is 0 Å². The maximum Gasteiger partial charge on any atom is 0.314 e. The van der Waals surface area contributed by atoms with Gasteiger partial charge >= 0.3 is 6.03 Å². The van der Waals surface area contributed by atoms with E-state index in [0.717, 1.165) is 12.2 Å². The number of hydrogen-bond acceptors (Lipinski definition) is 2. The second kappa shape index (κ2) is 8.72. The van der Waals surface area contributed by atoms with Crippen LogP contribution in [-0.4, -0.2) is 25.7 Å². The van der Waals surface area contributed by atoms with Gasteiger partial charge in [-0.3, -0.25) is 0 Å². The minimum absolute atomic E-state index is 0.162. The number of carbonyl (C=O) groups is 1. The third-order valence-electron chi connectivity index (χ3n) is 3.34. The first-order valence-electron chi connectivity index (χ1n) is 7.50. The summed E-state index contributed by atoms with van der Waals surface area (Å²) < 4.78 is 5.50. The molecule has 22 heavy (non-hydrogen) atoms.